The van der Waals surface area contributed by atoms with Crippen LogP contribution in [-0.2, 0) is 4.96 Å². The van der Waals surface area contributed by atoms with Crippen LogP contribution < -0.4 is 0 Å². The van der Waals surface area contributed by atoms with E-state index in [-0.39, 0.29) is 0 Å². The van der Waals surface area contributed by atoms with Crippen molar-refractivity contribution in [2.24, 2.45) is 0 Å². The summed E-state index contributed by atoms with van der Waals surface area (Å²) in [6.45, 7) is 1.65. The fraction of sp³-hybridized carbons (Fsp3) is 0.400. The highest BCUT2D eigenvalue weighted by atomic mass is 79.9. The lowest BCUT2D eigenvalue weighted by atomic mass is 10.5. The predicted molar refractivity (Wildman–Crippen MR) is 36.1 cm³/mol. The van der Waals surface area contributed by atoms with Gasteiger partial charge in [-0.3, -0.25) is 0 Å². The Kier molecular flexibility index (Phi) is 1.76. The first-order chi connectivity index (χ1) is 4.50. The van der Waals surface area contributed by atoms with E-state index < -0.39 is 4.96 Å². The predicted octanol–water partition coefficient (Wildman–Crippen LogP) is 2.09. The molecule has 2 nitrogen and oxygen atoms in total. The largest absolute Gasteiger partial charge is 0.400 e. The van der Waals surface area contributed by atoms with Crippen LogP contribution in [0.4, 0.5) is 8.78 Å². The second-order valence-corrected chi connectivity index (χ2v) is 2.82. The fourth-order valence-electron chi connectivity index (χ4n) is 0.556. The molecule has 0 radical (unpaired) electrons. The second kappa shape index (κ2) is 2.30. The number of aromatic nitrogens is 2. The Morgan fingerprint density at radius 2 is 2.30 bits per heavy atom. The summed E-state index contributed by atoms with van der Waals surface area (Å²) in [5.41, 5.74) is 0.569. The SMILES string of the molecule is Cc1ccn(C(F)(F)Br)n1. The van der Waals surface area contributed by atoms with E-state index in [0.29, 0.717) is 10.4 Å². The van der Waals surface area contributed by atoms with Crippen LogP contribution in [0.15, 0.2) is 12.3 Å². The number of halogens is 3. The third-order valence-corrected chi connectivity index (χ3v) is 1.35. The topological polar surface area (TPSA) is 17.8 Å². The van der Waals surface area contributed by atoms with Crippen molar-refractivity contribution >= 4 is 15.9 Å². The Bertz CT molecular complexity index is 228. The maximum atomic E-state index is 12.3. The molecule has 1 heterocycles. The maximum Gasteiger partial charge on any atom is 0.400 e. The van der Waals surface area contributed by atoms with E-state index in [1.165, 1.54) is 12.3 Å². The van der Waals surface area contributed by atoms with Crippen molar-refractivity contribution < 1.29 is 8.78 Å². The van der Waals surface area contributed by atoms with Crippen molar-refractivity contribution in [3.63, 3.8) is 0 Å². The van der Waals surface area contributed by atoms with Gasteiger partial charge in [0, 0.05) is 22.1 Å². The summed E-state index contributed by atoms with van der Waals surface area (Å²) in [5, 5.41) is 3.50. The molecular formula is C5H5BrF2N2. The van der Waals surface area contributed by atoms with Gasteiger partial charge >= 0.3 is 4.96 Å². The minimum Gasteiger partial charge on any atom is -0.199 e. The summed E-state index contributed by atoms with van der Waals surface area (Å²) in [7, 11) is 0. The molecule has 5 heteroatoms. The first-order valence-corrected chi connectivity index (χ1v) is 3.39. The van der Waals surface area contributed by atoms with Crippen LogP contribution in [0.1, 0.15) is 5.69 Å². The smallest absolute Gasteiger partial charge is 0.199 e. The van der Waals surface area contributed by atoms with Crippen molar-refractivity contribution in [3.8, 4) is 0 Å². The van der Waals surface area contributed by atoms with Crippen molar-refractivity contribution in [3.05, 3.63) is 18.0 Å². The third-order valence-electron chi connectivity index (χ3n) is 0.982. The Morgan fingerprint density at radius 3 is 2.50 bits per heavy atom. The molecule has 1 rings (SSSR count). The standard InChI is InChI=1S/C5H5BrF2N2/c1-4-2-3-10(9-4)5(6,7)8/h2-3H,1H3. The van der Waals surface area contributed by atoms with Crippen LogP contribution in [0.3, 0.4) is 0 Å². The maximum absolute atomic E-state index is 12.3. The Hall–Kier alpha value is -0.450. The van der Waals surface area contributed by atoms with Crippen molar-refractivity contribution in [1.29, 1.82) is 0 Å². The minimum atomic E-state index is -3.07. The van der Waals surface area contributed by atoms with Gasteiger partial charge in [0.15, 0.2) is 0 Å². The monoisotopic (exact) mass is 210 g/mol. The summed E-state index contributed by atoms with van der Waals surface area (Å²) in [6, 6.07) is 1.51. The molecule has 0 aromatic carbocycles. The molecular weight excluding hydrogens is 206 g/mol. The normalized spacial score (nSPS) is 12.0. The number of nitrogens with zero attached hydrogens (tertiary/aromatic N) is 2. The molecule has 0 N–H and O–H groups in total. The second-order valence-electron chi connectivity index (χ2n) is 1.87. The van der Waals surface area contributed by atoms with Gasteiger partial charge in [0.25, 0.3) is 0 Å². The fourth-order valence-corrected chi connectivity index (χ4v) is 0.754. The molecule has 0 atom stereocenters. The minimum absolute atomic E-state index is 0.558. The highest BCUT2D eigenvalue weighted by molar-refractivity contribution is 9.09. The van der Waals surface area contributed by atoms with Gasteiger partial charge in [0.1, 0.15) is 0 Å². The molecule has 0 unspecified atom stereocenters. The van der Waals surface area contributed by atoms with Gasteiger partial charge in [-0.25, -0.2) is 0 Å². The van der Waals surface area contributed by atoms with E-state index in [2.05, 4.69) is 21.0 Å². The molecule has 0 aliphatic heterocycles. The summed E-state index contributed by atoms with van der Waals surface area (Å²) in [5.74, 6) is 0. The number of alkyl halides is 3. The highest BCUT2D eigenvalue weighted by Gasteiger charge is 2.26. The first kappa shape index (κ1) is 7.65. The van der Waals surface area contributed by atoms with Crippen LogP contribution in [0.25, 0.3) is 0 Å². The molecule has 56 valence electrons. The lowest BCUT2D eigenvalue weighted by Crippen LogP contribution is -2.14. The first-order valence-electron chi connectivity index (χ1n) is 2.59. The number of rotatable bonds is 1. The zero-order valence-corrected chi connectivity index (χ0v) is 6.77. The van der Waals surface area contributed by atoms with Gasteiger partial charge in [-0.2, -0.15) is 18.6 Å². The lowest BCUT2D eigenvalue weighted by Gasteiger charge is -2.06. The number of hydrogen-bond donors (Lipinski definition) is 0. The Balaban J connectivity index is 2.96. The molecule has 0 fully saturated rings. The van der Waals surface area contributed by atoms with Crippen LogP contribution in [0.5, 0.6) is 0 Å². The van der Waals surface area contributed by atoms with E-state index in [4.69, 9.17) is 0 Å². The van der Waals surface area contributed by atoms with E-state index in [1.54, 1.807) is 6.92 Å². The highest BCUT2D eigenvalue weighted by Crippen LogP contribution is 2.26. The van der Waals surface area contributed by atoms with Crippen molar-refractivity contribution in [2.45, 2.75) is 11.9 Å². The quantitative estimate of drug-likeness (QED) is 0.650. The molecule has 0 amide bonds. The molecule has 0 aliphatic carbocycles. The van der Waals surface area contributed by atoms with Crippen molar-refractivity contribution in [2.75, 3.05) is 0 Å². The third kappa shape index (κ3) is 1.53. The Morgan fingerprint density at radius 1 is 1.70 bits per heavy atom. The van der Waals surface area contributed by atoms with E-state index in [1.807, 2.05) is 0 Å². The van der Waals surface area contributed by atoms with Gasteiger partial charge in [0.05, 0.1) is 5.69 Å². The van der Waals surface area contributed by atoms with Gasteiger partial charge in [-0.15, -0.1) is 0 Å². The van der Waals surface area contributed by atoms with Crippen LogP contribution in [0.2, 0.25) is 0 Å². The summed E-state index contributed by atoms with van der Waals surface area (Å²) >= 11 is 2.17. The van der Waals surface area contributed by atoms with Crippen LogP contribution in [-0.4, -0.2) is 9.78 Å². The summed E-state index contributed by atoms with van der Waals surface area (Å²) in [6.07, 6.45) is 1.21. The van der Waals surface area contributed by atoms with E-state index >= 15 is 0 Å². The molecule has 1 aromatic rings. The average Bonchev–Trinajstić information content (AvgIpc) is 2.11. The van der Waals surface area contributed by atoms with Crippen molar-refractivity contribution in [1.82, 2.24) is 9.78 Å². The molecule has 10 heavy (non-hydrogen) atoms. The molecule has 0 bridgehead atoms. The van der Waals surface area contributed by atoms with E-state index in [0.717, 1.165) is 0 Å². The molecule has 0 spiro atoms. The summed E-state index contributed by atoms with van der Waals surface area (Å²) in [4.78, 5) is -3.07. The number of hydrogen-bond acceptors (Lipinski definition) is 1. The average molecular weight is 211 g/mol. The van der Waals surface area contributed by atoms with Crippen LogP contribution in [0, 0.1) is 6.92 Å². The molecule has 0 saturated carbocycles. The van der Waals surface area contributed by atoms with Gasteiger partial charge in [0.2, 0.25) is 0 Å². The zero-order chi connectivity index (χ0) is 7.78. The number of aryl methyl sites for hydroxylation is 1. The Labute approximate surface area is 65.0 Å². The van der Waals surface area contributed by atoms with E-state index in [9.17, 15) is 8.78 Å². The molecule has 0 aliphatic rings. The van der Waals surface area contributed by atoms with Crippen LogP contribution >= 0.6 is 15.9 Å². The molecule has 0 saturated heterocycles. The summed E-state index contributed by atoms with van der Waals surface area (Å²) < 4.78 is 25.1. The molecule has 1 aromatic heterocycles. The van der Waals surface area contributed by atoms with Gasteiger partial charge in [-0.05, 0) is 13.0 Å². The zero-order valence-electron chi connectivity index (χ0n) is 5.18. The lowest BCUT2D eigenvalue weighted by molar-refractivity contribution is 0.0197. The van der Waals surface area contributed by atoms with Gasteiger partial charge in [-0.1, -0.05) is 0 Å². The van der Waals surface area contributed by atoms with Gasteiger partial charge < -0.3 is 0 Å².